The first-order valence-corrected chi connectivity index (χ1v) is 11.2. The van der Waals surface area contributed by atoms with E-state index in [1.165, 1.54) is 31.2 Å². The quantitative estimate of drug-likeness (QED) is 0.692. The maximum Gasteiger partial charge on any atom is 0.294 e. The van der Waals surface area contributed by atoms with Crippen molar-refractivity contribution in [2.24, 2.45) is 5.14 Å². The van der Waals surface area contributed by atoms with Crippen molar-refractivity contribution in [2.45, 2.75) is 43.2 Å². The molecule has 0 spiro atoms. The van der Waals surface area contributed by atoms with Crippen LogP contribution >= 0.6 is 11.8 Å². The van der Waals surface area contributed by atoms with E-state index in [0.717, 1.165) is 22.2 Å². The number of primary sulfonamides is 1. The Morgan fingerprint density at radius 2 is 1.83 bits per heavy atom. The van der Waals surface area contributed by atoms with Gasteiger partial charge in [0.05, 0.1) is 9.80 Å². The number of benzene rings is 1. The molecule has 29 heavy (non-hydrogen) atoms. The van der Waals surface area contributed by atoms with Gasteiger partial charge < -0.3 is 5.32 Å². The number of nitrogens with one attached hydrogen (secondary N) is 1. The van der Waals surface area contributed by atoms with Gasteiger partial charge in [-0.15, -0.1) is 0 Å². The molecule has 11 heteroatoms. The number of nitrogens with two attached hydrogens (primary N) is 1. The molecule has 3 rings (SSSR count). The molecule has 0 atom stereocenters. The Morgan fingerprint density at radius 3 is 2.38 bits per heavy atom. The molecule has 0 unspecified atom stereocenters. The molecule has 1 aliphatic carbocycles. The minimum absolute atomic E-state index is 0.107. The fraction of sp³-hybridized carbons (Fsp3) is 0.389. The van der Waals surface area contributed by atoms with Crippen molar-refractivity contribution in [3.05, 3.63) is 34.7 Å². The number of alkyl halides is 1. The van der Waals surface area contributed by atoms with Gasteiger partial charge in [0, 0.05) is 5.69 Å². The van der Waals surface area contributed by atoms with Crippen LogP contribution in [0.4, 0.5) is 14.9 Å². The van der Waals surface area contributed by atoms with Gasteiger partial charge in [0.15, 0.2) is 0 Å². The highest BCUT2D eigenvalue weighted by atomic mass is 32.2. The minimum Gasteiger partial charge on any atom is -0.325 e. The number of imide groups is 1. The largest absolute Gasteiger partial charge is 0.325 e. The van der Waals surface area contributed by atoms with Crippen LogP contribution in [-0.4, -0.2) is 42.6 Å². The predicted octanol–water partition coefficient (Wildman–Crippen LogP) is 2.52. The van der Waals surface area contributed by atoms with E-state index in [9.17, 15) is 27.2 Å². The zero-order valence-electron chi connectivity index (χ0n) is 15.6. The maximum atomic E-state index is 14.0. The molecule has 0 aromatic heterocycles. The minimum atomic E-state index is -3.85. The molecule has 0 radical (unpaired) electrons. The summed E-state index contributed by atoms with van der Waals surface area (Å²) in [5, 5.41) is 6.96. The van der Waals surface area contributed by atoms with Gasteiger partial charge in [0.2, 0.25) is 15.9 Å². The topological polar surface area (TPSA) is 127 Å². The monoisotopic (exact) mass is 441 g/mol. The molecule has 1 saturated heterocycles. The first-order chi connectivity index (χ1) is 13.5. The number of allylic oxidation sites excluding steroid dienone is 1. The van der Waals surface area contributed by atoms with Gasteiger partial charge in [-0.25, -0.2) is 17.9 Å². The van der Waals surface area contributed by atoms with Crippen LogP contribution in [0.1, 0.15) is 32.6 Å². The molecular formula is C18H20FN3O5S2. The van der Waals surface area contributed by atoms with Crippen LogP contribution in [0.5, 0.6) is 0 Å². The molecule has 1 aromatic carbocycles. The number of amides is 3. The fourth-order valence-corrected chi connectivity index (χ4v) is 4.62. The highest BCUT2D eigenvalue weighted by Crippen LogP contribution is 2.41. The molecule has 1 saturated carbocycles. The van der Waals surface area contributed by atoms with E-state index in [0.29, 0.717) is 31.4 Å². The summed E-state index contributed by atoms with van der Waals surface area (Å²) in [6.07, 6.45) is 1.40. The van der Waals surface area contributed by atoms with Crippen LogP contribution in [-0.2, 0) is 19.6 Å². The van der Waals surface area contributed by atoms with Crippen LogP contribution in [0.2, 0.25) is 0 Å². The summed E-state index contributed by atoms with van der Waals surface area (Å²) in [5.74, 6) is -1.15. The van der Waals surface area contributed by atoms with E-state index in [1.54, 1.807) is 0 Å². The number of hydrogen-bond acceptors (Lipinski definition) is 6. The van der Waals surface area contributed by atoms with Crippen molar-refractivity contribution in [3.63, 3.8) is 0 Å². The Balaban J connectivity index is 1.65. The molecule has 1 heterocycles. The number of nitrogens with zero attached hydrogens (tertiary/aromatic N) is 1. The van der Waals surface area contributed by atoms with Gasteiger partial charge in [0.1, 0.15) is 12.2 Å². The number of rotatable bonds is 4. The highest BCUT2D eigenvalue weighted by Gasteiger charge is 2.40. The molecule has 156 valence electrons. The standard InChI is InChI=1S/C18H20FN3O5S2/c1-18(19)8-6-11(7-9-18)15-16(24)22(17(25)28-15)10-14(23)21-12-2-4-13(5-3-12)29(20,26)27/h2-5H,6-10H2,1H3,(H,21,23)(H2,20,26,27). The number of anilines is 1. The third-order valence-electron chi connectivity index (χ3n) is 4.83. The van der Waals surface area contributed by atoms with Crippen molar-refractivity contribution in [1.82, 2.24) is 4.90 Å². The lowest BCUT2D eigenvalue weighted by Crippen LogP contribution is -2.36. The second-order valence-corrected chi connectivity index (χ2v) is 9.75. The fourth-order valence-electron chi connectivity index (χ4n) is 3.12. The number of hydrogen-bond donors (Lipinski definition) is 2. The zero-order chi connectivity index (χ0) is 21.4. The number of sulfonamides is 1. The van der Waals surface area contributed by atoms with Crippen LogP contribution in [0, 0.1) is 0 Å². The first kappa shape index (κ1) is 21.5. The van der Waals surface area contributed by atoms with E-state index in [1.807, 2.05) is 0 Å². The second-order valence-electron chi connectivity index (χ2n) is 7.22. The predicted molar refractivity (Wildman–Crippen MR) is 106 cm³/mol. The summed E-state index contributed by atoms with van der Waals surface area (Å²) in [6.45, 7) is 1.05. The summed E-state index contributed by atoms with van der Waals surface area (Å²) < 4.78 is 36.5. The molecule has 1 aromatic rings. The molecule has 1 aliphatic heterocycles. The maximum absolute atomic E-state index is 14.0. The van der Waals surface area contributed by atoms with Gasteiger partial charge in [-0.2, -0.15) is 0 Å². The molecule has 0 bridgehead atoms. The summed E-state index contributed by atoms with van der Waals surface area (Å²) in [4.78, 5) is 38.1. The van der Waals surface area contributed by atoms with Crippen molar-refractivity contribution in [1.29, 1.82) is 0 Å². The Hall–Kier alpha value is -2.24. The summed E-state index contributed by atoms with van der Waals surface area (Å²) >= 11 is 0.775. The molecule has 2 aliphatic rings. The van der Waals surface area contributed by atoms with Gasteiger partial charge in [-0.1, -0.05) is 5.57 Å². The Bertz CT molecular complexity index is 991. The smallest absolute Gasteiger partial charge is 0.294 e. The van der Waals surface area contributed by atoms with Crippen molar-refractivity contribution < 1.29 is 27.2 Å². The average Bonchev–Trinajstić information content (AvgIpc) is 2.89. The van der Waals surface area contributed by atoms with E-state index < -0.39 is 39.3 Å². The number of halogens is 1. The second kappa shape index (κ2) is 7.88. The Labute approximate surface area is 171 Å². The SMILES string of the molecule is CC1(F)CCC(=C2SC(=O)N(CC(=O)Nc3ccc(S(N)(=O)=O)cc3)C2=O)CC1. The van der Waals surface area contributed by atoms with Gasteiger partial charge in [-0.05, 0) is 68.6 Å². The van der Waals surface area contributed by atoms with Crippen LogP contribution in [0.25, 0.3) is 0 Å². The van der Waals surface area contributed by atoms with Crippen LogP contribution in [0.15, 0.2) is 39.6 Å². The van der Waals surface area contributed by atoms with Gasteiger partial charge in [0.25, 0.3) is 11.1 Å². The lowest BCUT2D eigenvalue weighted by molar-refractivity contribution is -0.127. The summed E-state index contributed by atoms with van der Waals surface area (Å²) in [5.41, 5.74) is -0.217. The summed E-state index contributed by atoms with van der Waals surface area (Å²) in [6, 6.07) is 5.17. The van der Waals surface area contributed by atoms with E-state index >= 15 is 0 Å². The average molecular weight is 442 g/mol. The Morgan fingerprint density at radius 1 is 1.24 bits per heavy atom. The third kappa shape index (κ3) is 5.03. The van der Waals surface area contributed by atoms with Gasteiger partial charge >= 0.3 is 0 Å². The van der Waals surface area contributed by atoms with E-state index in [-0.39, 0.29) is 9.80 Å². The van der Waals surface area contributed by atoms with E-state index in [2.05, 4.69) is 5.32 Å². The normalized spacial score (nSPS) is 22.9. The van der Waals surface area contributed by atoms with E-state index in [4.69, 9.17) is 5.14 Å². The van der Waals surface area contributed by atoms with Crippen molar-refractivity contribution in [2.75, 3.05) is 11.9 Å². The zero-order valence-corrected chi connectivity index (χ0v) is 17.2. The molecule has 8 nitrogen and oxygen atoms in total. The highest BCUT2D eigenvalue weighted by molar-refractivity contribution is 8.18. The first-order valence-electron chi connectivity index (χ1n) is 8.84. The molecule has 2 fully saturated rings. The molecular weight excluding hydrogens is 421 g/mol. The van der Waals surface area contributed by atoms with Crippen LogP contribution < -0.4 is 10.5 Å². The van der Waals surface area contributed by atoms with Crippen molar-refractivity contribution in [3.8, 4) is 0 Å². The number of carbonyl (C=O) groups is 3. The lowest BCUT2D eigenvalue weighted by atomic mass is 9.84. The Kier molecular flexibility index (Phi) is 5.84. The molecule has 3 amide bonds. The molecule has 3 N–H and O–H groups in total. The number of thioether (sulfide) groups is 1. The van der Waals surface area contributed by atoms with Gasteiger partial charge in [-0.3, -0.25) is 19.3 Å². The lowest BCUT2D eigenvalue weighted by Gasteiger charge is -2.27. The summed E-state index contributed by atoms with van der Waals surface area (Å²) in [7, 11) is -3.85. The van der Waals surface area contributed by atoms with Crippen LogP contribution in [0.3, 0.4) is 0 Å². The number of carbonyl (C=O) groups excluding carboxylic acids is 3. The third-order valence-corrected chi connectivity index (χ3v) is 6.83. The van der Waals surface area contributed by atoms with Crippen molar-refractivity contribution >= 4 is 44.5 Å².